The molecule has 0 aliphatic carbocycles. The van der Waals surface area contributed by atoms with E-state index in [0.717, 1.165) is 35.3 Å². The van der Waals surface area contributed by atoms with E-state index in [0.29, 0.717) is 17.3 Å². The fourth-order valence-corrected chi connectivity index (χ4v) is 3.06. The number of pyridine rings is 1. The number of nitrogens with zero attached hydrogens (tertiary/aromatic N) is 5. The molecule has 0 radical (unpaired) electrons. The number of rotatable bonds is 7. The van der Waals surface area contributed by atoms with Crippen LogP contribution in [0.4, 0.5) is 11.6 Å². The zero-order valence-corrected chi connectivity index (χ0v) is 16.7. The number of ether oxygens (including phenoxy) is 1. The van der Waals surface area contributed by atoms with Crippen molar-refractivity contribution >= 4 is 23.2 Å². The molecule has 4 aromatic rings. The van der Waals surface area contributed by atoms with E-state index in [4.69, 9.17) is 4.74 Å². The van der Waals surface area contributed by atoms with Gasteiger partial charge in [0.1, 0.15) is 12.1 Å². The van der Waals surface area contributed by atoms with Crippen molar-refractivity contribution in [3.8, 4) is 5.75 Å². The van der Waals surface area contributed by atoms with E-state index in [2.05, 4.69) is 30.8 Å². The maximum absolute atomic E-state index is 12.0. The van der Waals surface area contributed by atoms with E-state index in [1.165, 1.54) is 0 Å². The third-order valence-corrected chi connectivity index (χ3v) is 4.66. The van der Waals surface area contributed by atoms with E-state index in [1.54, 1.807) is 38.9 Å². The minimum Gasteiger partial charge on any atom is -0.497 e. The summed E-state index contributed by atoms with van der Waals surface area (Å²) in [5.74, 6) is 1.02. The lowest BCUT2D eigenvalue weighted by Crippen LogP contribution is -2.18. The second kappa shape index (κ2) is 8.56. The number of fused-ring (bicyclic) bond motifs is 1. The van der Waals surface area contributed by atoms with Crippen LogP contribution in [-0.2, 0) is 12.8 Å². The largest absolute Gasteiger partial charge is 0.497 e. The first kappa shape index (κ1) is 19.3. The van der Waals surface area contributed by atoms with Crippen LogP contribution in [0.5, 0.6) is 5.75 Å². The summed E-state index contributed by atoms with van der Waals surface area (Å²) in [6.45, 7) is 0. The number of benzene rings is 1. The van der Waals surface area contributed by atoms with Gasteiger partial charge in [-0.15, -0.1) is 10.2 Å². The van der Waals surface area contributed by atoms with Crippen molar-refractivity contribution < 1.29 is 9.53 Å². The summed E-state index contributed by atoms with van der Waals surface area (Å²) in [5.41, 5.74) is 4.16. The molecule has 9 nitrogen and oxygen atoms in total. The minimum atomic E-state index is -0.141. The predicted molar refractivity (Wildman–Crippen MR) is 112 cm³/mol. The monoisotopic (exact) mass is 403 g/mol. The van der Waals surface area contributed by atoms with Gasteiger partial charge in [0, 0.05) is 43.0 Å². The number of nitrogens with one attached hydrogen (secondary N) is 2. The molecule has 152 valence electrons. The van der Waals surface area contributed by atoms with E-state index >= 15 is 0 Å². The number of aromatic nitrogens is 5. The first-order valence-electron chi connectivity index (χ1n) is 9.42. The summed E-state index contributed by atoms with van der Waals surface area (Å²) in [7, 11) is 3.20. The Morgan fingerprint density at radius 2 is 1.90 bits per heavy atom. The number of carbonyl (C=O) groups is 1. The molecule has 0 saturated heterocycles. The van der Waals surface area contributed by atoms with Crippen LogP contribution in [0.1, 0.15) is 21.5 Å². The standard InChI is InChI=1S/C21H21N7O2/c1-22-20(29)16-7-14(8-18(9-16)30-2)3-4-15-11-23-21(24-12-15)26-17-5-6-28-13-25-27-19(28)10-17/h5-13H,3-4H2,1-2H3,(H,22,29)(H,23,24,26). The average Bonchev–Trinajstić information content (AvgIpc) is 3.25. The number of hydrogen-bond donors (Lipinski definition) is 2. The lowest BCUT2D eigenvalue weighted by Gasteiger charge is -2.09. The minimum absolute atomic E-state index is 0.141. The molecule has 9 heteroatoms. The van der Waals surface area contributed by atoms with Crippen LogP contribution >= 0.6 is 0 Å². The van der Waals surface area contributed by atoms with Crippen LogP contribution in [0.25, 0.3) is 5.65 Å². The lowest BCUT2D eigenvalue weighted by atomic mass is 10.0. The molecule has 0 fully saturated rings. The fraction of sp³-hybridized carbons (Fsp3) is 0.190. The maximum atomic E-state index is 12.0. The molecule has 0 aliphatic rings. The van der Waals surface area contributed by atoms with Gasteiger partial charge in [-0.25, -0.2) is 9.97 Å². The third-order valence-electron chi connectivity index (χ3n) is 4.66. The highest BCUT2D eigenvalue weighted by molar-refractivity contribution is 5.94. The van der Waals surface area contributed by atoms with Crippen molar-refractivity contribution in [1.82, 2.24) is 29.9 Å². The quantitative estimate of drug-likeness (QED) is 0.488. The Bertz CT molecular complexity index is 1170. The second-order valence-electron chi connectivity index (χ2n) is 6.70. The van der Waals surface area contributed by atoms with E-state index < -0.39 is 0 Å². The van der Waals surface area contributed by atoms with Gasteiger partial charge in [-0.2, -0.15) is 0 Å². The highest BCUT2D eigenvalue weighted by atomic mass is 16.5. The molecule has 3 aromatic heterocycles. The average molecular weight is 403 g/mol. The molecule has 1 amide bonds. The number of aryl methyl sites for hydroxylation is 2. The first-order valence-corrected chi connectivity index (χ1v) is 9.42. The summed E-state index contributed by atoms with van der Waals surface area (Å²) < 4.78 is 7.14. The molecule has 3 heterocycles. The molecule has 0 atom stereocenters. The predicted octanol–water partition coefficient (Wildman–Crippen LogP) is 2.42. The topological polar surface area (TPSA) is 106 Å². The van der Waals surface area contributed by atoms with Gasteiger partial charge in [-0.05, 0) is 48.2 Å². The van der Waals surface area contributed by atoms with E-state index in [-0.39, 0.29) is 5.91 Å². The van der Waals surface area contributed by atoms with Crippen LogP contribution < -0.4 is 15.4 Å². The Labute approximate surface area is 173 Å². The number of methoxy groups -OCH3 is 1. The summed E-state index contributed by atoms with van der Waals surface area (Å²) >= 11 is 0. The summed E-state index contributed by atoms with van der Waals surface area (Å²) in [5, 5.41) is 13.7. The highest BCUT2D eigenvalue weighted by Gasteiger charge is 2.08. The molecule has 1 aromatic carbocycles. The van der Waals surface area contributed by atoms with Gasteiger partial charge in [-0.1, -0.05) is 0 Å². The van der Waals surface area contributed by atoms with Gasteiger partial charge in [0.05, 0.1) is 7.11 Å². The van der Waals surface area contributed by atoms with Crippen LogP contribution in [0.15, 0.2) is 55.2 Å². The smallest absolute Gasteiger partial charge is 0.251 e. The summed E-state index contributed by atoms with van der Waals surface area (Å²) in [4.78, 5) is 20.7. The Morgan fingerprint density at radius 1 is 1.10 bits per heavy atom. The van der Waals surface area contributed by atoms with Gasteiger partial charge >= 0.3 is 0 Å². The van der Waals surface area contributed by atoms with Gasteiger partial charge in [-0.3, -0.25) is 9.20 Å². The molecule has 0 aliphatic heterocycles. The number of carbonyl (C=O) groups excluding carboxylic acids is 1. The van der Waals surface area contributed by atoms with Crippen molar-refractivity contribution in [2.75, 3.05) is 19.5 Å². The summed E-state index contributed by atoms with van der Waals surface area (Å²) in [6.07, 6.45) is 8.58. The molecule has 0 bridgehead atoms. The molecule has 0 spiro atoms. The van der Waals surface area contributed by atoms with Crippen LogP contribution in [0, 0.1) is 0 Å². The first-order chi connectivity index (χ1) is 14.6. The van der Waals surface area contributed by atoms with Crippen molar-refractivity contribution in [2.24, 2.45) is 0 Å². The van der Waals surface area contributed by atoms with Gasteiger partial charge in [0.25, 0.3) is 5.91 Å². The highest BCUT2D eigenvalue weighted by Crippen LogP contribution is 2.19. The summed E-state index contributed by atoms with van der Waals surface area (Å²) in [6, 6.07) is 9.31. The fourth-order valence-electron chi connectivity index (χ4n) is 3.06. The SMILES string of the molecule is CNC(=O)c1cc(CCc2cnc(Nc3ccn4cnnc4c3)nc2)cc(OC)c1. The van der Waals surface area contributed by atoms with E-state index in [9.17, 15) is 4.79 Å². The Hall–Kier alpha value is -4.01. The van der Waals surface area contributed by atoms with Crippen molar-refractivity contribution in [3.05, 3.63) is 71.9 Å². The number of hydrogen-bond acceptors (Lipinski definition) is 7. The normalized spacial score (nSPS) is 10.7. The zero-order valence-electron chi connectivity index (χ0n) is 16.7. The van der Waals surface area contributed by atoms with Crippen molar-refractivity contribution in [3.63, 3.8) is 0 Å². The van der Waals surface area contributed by atoms with Gasteiger partial charge in [0.2, 0.25) is 5.95 Å². The zero-order chi connectivity index (χ0) is 20.9. The molecule has 0 unspecified atom stereocenters. The van der Waals surface area contributed by atoms with Crippen LogP contribution in [-0.4, -0.2) is 44.6 Å². The maximum Gasteiger partial charge on any atom is 0.251 e. The Kier molecular flexibility index (Phi) is 5.51. The van der Waals surface area contributed by atoms with Gasteiger partial charge < -0.3 is 15.4 Å². The second-order valence-corrected chi connectivity index (χ2v) is 6.70. The number of amides is 1. The third kappa shape index (κ3) is 4.35. The number of anilines is 2. The Balaban J connectivity index is 1.41. The molecule has 4 rings (SSSR count). The van der Waals surface area contributed by atoms with E-state index in [1.807, 2.05) is 34.9 Å². The molecule has 2 N–H and O–H groups in total. The van der Waals surface area contributed by atoms with Crippen molar-refractivity contribution in [2.45, 2.75) is 12.8 Å². The molecule has 0 saturated carbocycles. The Morgan fingerprint density at radius 3 is 2.67 bits per heavy atom. The van der Waals surface area contributed by atoms with Crippen molar-refractivity contribution in [1.29, 1.82) is 0 Å². The molecule has 30 heavy (non-hydrogen) atoms. The lowest BCUT2D eigenvalue weighted by molar-refractivity contribution is 0.0962. The molecular formula is C21H21N7O2. The van der Waals surface area contributed by atoms with Gasteiger partial charge in [0.15, 0.2) is 5.65 Å². The van der Waals surface area contributed by atoms with Crippen LogP contribution in [0.2, 0.25) is 0 Å². The van der Waals surface area contributed by atoms with Crippen LogP contribution in [0.3, 0.4) is 0 Å². The molecular weight excluding hydrogens is 382 g/mol.